The summed E-state index contributed by atoms with van der Waals surface area (Å²) in [5, 5.41) is 0. The summed E-state index contributed by atoms with van der Waals surface area (Å²) in [4.78, 5) is 3.78. The van der Waals surface area contributed by atoms with E-state index >= 15 is 0 Å². The van der Waals surface area contributed by atoms with Crippen molar-refractivity contribution in [2.24, 2.45) is 5.84 Å². The average molecular weight is 343 g/mol. The Kier molecular flexibility index (Phi) is 4.03. The molecule has 8 heteroatoms. The molecule has 0 radical (unpaired) electrons. The van der Waals surface area contributed by atoms with Crippen LogP contribution < -0.4 is 16.0 Å². The second-order valence-corrected chi connectivity index (χ2v) is 6.11. The van der Waals surface area contributed by atoms with E-state index in [2.05, 4.69) is 31.1 Å². The third kappa shape index (κ3) is 3.03. The van der Waals surface area contributed by atoms with Gasteiger partial charge in [-0.2, -0.15) is 0 Å². The van der Waals surface area contributed by atoms with Crippen LogP contribution in [0.2, 0.25) is 0 Å². The van der Waals surface area contributed by atoms with E-state index in [0.717, 1.165) is 0 Å². The fraction of sp³-hybridized carbons (Fsp3) is 0. The van der Waals surface area contributed by atoms with Crippen LogP contribution in [0.4, 0.5) is 11.4 Å². The van der Waals surface area contributed by atoms with Crippen molar-refractivity contribution < 1.29 is 8.42 Å². The molecule has 0 saturated carbocycles. The predicted molar refractivity (Wildman–Crippen MR) is 77.0 cm³/mol. The van der Waals surface area contributed by atoms with Crippen molar-refractivity contribution in [2.45, 2.75) is 4.90 Å². The minimum atomic E-state index is -3.76. The van der Waals surface area contributed by atoms with Crippen molar-refractivity contribution in [1.29, 1.82) is 0 Å². The molecule has 0 unspecified atom stereocenters. The number of pyridine rings is 1. The van der Waals surface area contributed by atoms with Crippen molar-refractivity contribution in [2.75, 3.05) is 10.1 Å². The van der Waals surface area contributed by atoms with Gasteiger partial charge in [0.1, 0.15) is 4.90 Å². The summed E-state index contributed by atoms with van der Waals surface area (Å²) in [6.07, 6.45) is 2.68. The molecule has 19 heavy (non-hydrogen) atoms. The maximum absolute atomic E-state index is 12.3. The lowest BCUT2D eigenvalue weighted by atomic mass is 10.3. The second-order valence-electron chi connectivity index (χ2n) is 3.60. The summed E-state index contributed by atoms with van der Waals surface area (Å²) in [5.74, 6) is 5.29. The lowest BCUT2D eigenvalue weighted by Crippen LogP contribution is -2.18. The molecule has 0 bridgehead atoms. The normalized spacial score (nSPS) is 11.1. The van der Waals surface area contributed by atoms with Crippen LogP contribution in [-0.4, -0.2) is 13.4 Å². The van der Waals surface area contributed by atoms with Gasteiger partial charge in [0.25, 0.3) is 10.0 Å². The summed E-state index contributed by atoms with van der Waals surface area (Å²) in [6.45, 7) is 0. The van der Waals surface area contributed by atoms with Crippen molar-refractivity contribution in [3.63, 3.8) is 0 Å². The van der Waals surface area contributed by atoms with Gasteiger partial charge in [-0.25, -0.2) is 8.42 Å². The molecule has 1 heterocycles. The minimum absolute atomic E-state index is 0.0201. The van der Waals surface area contributed by atoms with Crippen LogP contribution in [0.5, 0.6) is 0 Å². The number of sulfonamides is 1. The fourth-order valence-electron chi connectivity index (χ4n) is 1.46. The summed E-state index contributed by atoms with van der Waals surface area (Å²) in [7, 11) is -3.76. The van der Waals surface area contributed by atoms with Crippen LogP contribution in [0.25, 0.3) is 0 Å². The topological polar surface area (TPSA) is 97.1 Å². The Morgan fingerprint density at radius 3 is 2.58 bits per heavy atom. The van der Waals surface area contributed by atoms with Crippen LogP contribution in [0.1, 0.15) is 0 Å². The largest absolute Gasteiger partial charge is 0.323 e. The molecule has 100 valence electrons. The molecule has 1 aromatic carbocycles. The second kappa shape index (κ2) is 5.55. The van der Waals surface area contributed by atoms with E-state index in [4.69, 9.17) is 5.84 Å². The molecule has 0 atom stereocenters. The van der Waals surface area contributed by atoms with Gasteiger partial charge in [-0.15, -0.1) is 0 Å². The lowest BCUT2D eigenvalue weighted by Gasteiger charge is -2.12. The molecule has 4 N–H and O–H groups in total. The molecule has 0 aliphatic carbocycles. The van der Waals surface area contributed by atoms with E-state index in [1.165, 1.54) is 18.5 Å². The first-order valence-corrected chi connectivity index (χ1v) is 7.50. The van der Waals surface area contributed by atoms with E-state index in [9.17, 15) is 8.42 Å². The highest BCUT2D eigenvalue weighted by atomic mass is 79.9. The third-order valence-electron chi connectivity index (χ3n) is 2.35. The number of nitrogens with one attached hydrogen (secondary N) is 2. The van der Waals surface area contributed by atoms with E-state index < -0.39 is 10.0 Å². The van der Waals surface area contributed by atoms with Gasteiger partial charge in [-0.3, -0.25) is 15.5 Å². The monoisotopic (exact) mass is 342 g/mol. The SMILES string of the molecule is NNc1ccncc1S(=O)(=O)Nc1ccccc1Br. The smallest absolute Gasteiger partial charge is 0.265 e. The number of hydrazine groups is 1. The van der Waals surface area contributed by atoms with E-state index in [0.29, 0.717) is 10.2 Å². The highest BCUT2D eigenvalue weighted by Crippen LogP contribution is 2.26. The standard InChI is InChI=1S/C11H11BrN4O2S/c12-8-3-1-2-4-9(8)16-19(17,18)11-7-14-6-5-10(11)15-13/h1-7,16H,13H2,(H,14,15). The Morgan fingerprint density at radius 1 is 1.16 bits per heavy atom. The molecule has 0 aliphatic rings. The molecular formula is C11H11BrN4O2S. The van der Waals surface area contributed by atoms with Gasteiger partial charge in [-0.1, -0.05) is 12.1 Å². The number of anilines is 2. The zero-order chi connectivity index (χ0) is 13.9. The molecule has 0 saturated heterocycles. The molecule has 2 aromatic rings. The Hall–Kier alpha value is -1.64. The maximum Gasteiger partial charge on any atom is 0.265 e. The van der Waals surface area contributed by atoms with Crippen LogP contribution in [-0.2, 0) is 10.0 Å². The number of nitrogen functional groups attached to an aromatic ring is 1. The minimum Gasteiger partial charge on any atom is -0.323 e. The highest BCUT2D eigenvalue weighted by molar-refractivity contribution is 9.10. The maximum atomic E-state index is 12.3. The number of benzene rings is 1. The first kappa shape index (κ1) is 13.8. The van der Waals surface area contributed by atoms with Crippen LogP contribution in [0.15, 0.2) is 52.1 Å². The van der Waals surface area contributed by atoms with Crippen LogP contribution in [0, 0.1) is 0 Å². The fourth-order valence-corrected chi connectivity index (χ4v) is 3.17. The number of hydrogen-bond donors (Lipinski definition) is 3. The van der Waals surface area contributed by atoms with Crippen LogP contribution >= 0.6 is 15.9 Å². The summed E-state index contributed by atoms with van der Waals surface area (Å²) >= 11 is 3.27. The number of rotatable bonds is 4. The van der Waals surface area contributed by atoms with Gasteiger partial charge < -0.3 is 5.43 Å². The zero-order valence-electron chi connectivity index (χ0n) is 9.67. The molecule has 0 fully saturated rings. The first-order chi connectivity index (χ1) is 9.04. The Labute approximate surface area is 119 Å². The van der Waals surface area contributed by atoms with Crippen molar-refractivity contribution in [3.05, 3.63) is 47.2 Å². The van der Waals surface area contributed by atoms with Crippen LogP contribution in [0.3, 0.4) is 0 Å². The highest BCUT2D eigenvalue weighted by Gasteiger charge is 2.19. The molecule has 0 spiro atoms. The van der Waals surface area contributed by atoms with Crippen molar-refractivity contribution in [1.82, 2.24) is 4.98 Å². The Bertz CT molecular complexity index is 691. The zero-order valence-corrected chi connectivity index (χ0v) is 12.1. The molecule has 0 amide bonds. The summed E-state index contributed by atoms with van der Waals surface area (Å²) in [5.41, 5.74) is 3.04. The first-order valence-electron chi connectivity index (χ1n) is 5.22. The van der Waals surface area contributed by atoms with Gasteiger partial charge in [0.2, 0.25) is 0 Å². The number of hydrogen-bond acceptors (Lipinski definition) is 5. The van der Waals surface area contributed by atoms with Gasteiger partial charge in [0.05, 0.1) is 11.4 Å². The van der Waals surface area contributed by atoms with Crippen molar-refractivity contribution in [3.8, 4) is 0 Å². The number of nitrogens with two attached hydrogens (primary N) is 1. The molecule has 6 nitrogen and oxygen atoms in total. The number of aromatic nitrogens is 1. The quantitative estimate of drug-likeness (QED) is 0.582. The van der Waals surface area contributed by atoms with Gasteiger partial charge in [0.15, 0.2) is 0 Å². The average Bonchev–Trinajstić information content (AvgIpc) is 2.41. The number of halogens is 1. The van der Waals surface area contributed by atoms with E-state index in [1.807, 2.05) is 0 Å². The predicted octanol–water partition coefficient (Wildman–Crippen LogP) is 1.93. The number of nitrogens with zero attached hydrogens (tertiary/aromatic N) is 1. The Balaban J connectivity index is 2.41. The molecular weight excluding hydrogens is 332 g/mol. The summed E-state index contributed by atoms with van der Waals surface area (Å²) in [6, 6.07) is 8.39. The van der Waals surface area contributed by atoms with E-state index in [-0.39, 0.29) is 10.6 Å². The van der Waals surface area contributed by atoms with E-state index in [1.54, 1.807) is 24.3 Å². The van der Waals surface area contributed by atoms with Gasteiger partial charge in [0, 0.05) is 16.9 Å². The molecule has 0 aliphatic heterocycles. The Morgan fingerprint density at radius 2 is 1.89 bits per heavy atom. The number of para-hydroxylation sites is 1. The summed E-state index contributed by atoms with van der Waals surface area (Å²) < 4.78 is 27.6. The molecule has 2 rings (SSSR count). The lowest BCUT2D eigenvalue weighted by molar-refractivity contribution is 0.601. The molecule has 1 aromatic heterocycles. The van der Waals surface area contributed by atoms with Gasteiger partial charge >= 0.3 is 0 Å². The van der Waals surface area contributed by atoms with Crippen molar-refractivity contribution >= 4 is 37.3 Å². The third-order valence-corrected chi connectivity index (χ3v) is 4.43. The van der Waals surface area contributed by atoms with Gasteiger partial charge in [-0.05, 0) is 34.1 Å².